The number of carbonyl (C=O) groups is 1. The van der Waals surface area contributed by atoms with E-state index in [-0.39, 0.29) is 11.9 Å². The fraction of sp³-hybridized carbons (Fsp3) is 0.250. The number of benzene rings is 1. The molecule has 138 valence electrons. The van der Waals surface area contributed by atoms with Crippen LogP contribution in [0.5, 0.6) is 0 Å². The number of amides is 1. The highest BCUT2D eigenvalue weighted by Crippen LogP contribution is 2.24. The highest BCUT2D eigenvalue weighted by atomic mass is 32.1. The predicted octanol–water partition coefficient (Wildman–Crippen LogP) is 3.85. The van der Waals surface area contributed by atoms with E-state index < -0.39 is 0 Å². The van der Waals surface area contributed by atoms with Crippen LogP contribution in [0.2, 0.25) is 0 Å². The molecule has 0 saturated carbocycles. The zero-order chi connectivity index (χ0) is 19.0. The van der Waals surface area contributed by atoms with Crippen LogP contribution in [0, 0.1) is 0 Å². The number of nitrogens with zero attached hydrogens (tertiary/aromatic N) is 4. The molecule has 0 aliphatic rings. The highest BCUT2D eigenvalue weighted by Gasteiger charge is 2.18. The molecule has 0 aliphatic heterocycles. The monoisotopic (exact) mass is 379 g/mol. The quantitative estimate of drug-likeness (QED) is 0.573. The van der Waals surface area contributed by atoms with Crippen molar-refractivity contribution in [3.8, 4) is 11.3 Å². The second-order valence-corrected chi connectivity index (χ2v) is 7.43. The molecule has 0 unspecified atom stereocenters. The van der Waals surface area contributed by atoms with E-state index in [1.165, 1.54) is 16.9 Å². The van der Waals surface area contributed by atoms with Crippen LogP contribution >= 0.6 is 11.3 Å². The number of nitrogens with one attached hydrogen (secondary N) is 1. The third kappa shape index (κ3) is 3.38. The lowest BCUT2D eigenvalue weighted by molar-refractivity contribution is 0.0934. The Morgan fingerprint density at radius 2 is 2.04 bits per heavy atom. The minimum Gasteiger partial charge on any atom is -0.344 e. The minimum absolute atomic E-state index is 0.120. The number of aryl methyl sites for hydroxylation is 2. The summed E-state index contributed by atoms with van der Waals surface area (Å²) in [5, 5.41) is 9.04. The Morgan fingerprint density at radius 3 is 2.70 bits per heavy atom. The summed E-state index contributed by atoms with van der Waals surface area (Å²) >= 11 is 1.47. The molecule has 27 heavy (non-hydrogen) atoms. The molecule has 7 heteroatoms. The van der Waals surface area contributed by atoms with Crippen LogP contribution in [-0.2, 0) is 13.5 Å². The largest absolute Gasteiger partial charge is 0.344 e. The molecule has 3 aromatic heterocycles. The van der Waals surface area contributed by atoms with Crippen molar-refractivity contribution < 1.29 is 4.79 Å². The predicted molar refractivity (Wildman–Crippen MR) is 107 cm³/mol. The zero-order valence-electron chi connectivity index (χ0n) is 15.5. The summed E-state index contributed by atoms with van der Waals surface area (Å²) in [5.74, 6) is -0.122. The van der Waals surface area contributed by atoms with E-state index in [0.717, 1.165) is 28.2 Å². The van der Waals surface area contributed by atoms with Gasteiger partial charge in [-0.3, -0.25) is 13.9 Å². The first-order valence-corrected chi connectivity index (χ1v) is 9.78. The van der Waals surface area contributed by atoms with Gasteiger partial charge in [-0.2, -0.15) is 5.10 Å². The number of rotatable bonds is 5. The van der Waals surface area contributed by atoms with Gasteiger partial charge in [0, 0.05) is 35.9 Å². The Balaban J connectivity index is 1.58. The Bertz CT molecular complexity index is 1090. The molecule has 1 atom stereocenters. The SMILES string of the molecule is CCc1ccc(-c2cn3c(C(=O)N[C@@H](C)c4cnn(C)c4)csc3n2)cc1. The molecule has 6 nitrogen and oxygen atoms in total. The van der Waals surface area contributed by atoms with Gasteiger partial charge in [0.15, 0.2) is 4.96 Å². The maximum atomic E-state index is 12.8. The van der Waals surface area contributed by atoms with E-state index in [9.17, 15) is 4.79 Å². The van der Waals surface area contributed by atoms with E-state index in [0.29, 0.717) is 5.69 Å². The van der Waals surface area contributed by atoms with E-state index in [1.54, 1.807) is 10.9 Å². The van der Waals surface area contributed by atoms with Gasteiger partial charge >= 0.3 is 0 Å². The van der Waals surface area contributed by atoms with Crippen LogP contribution < -0.4 is 5.32 Å². The summed E-state index contributed by atoms with van der Waals surface area (Å²) in [6.45, 7) is 4.09. The number of aromatic nitrogens is 4. The molecule has 0 fully saturated rings. The Labute approximate surface area is 161 Å². The van der Waals surface area contributed by atoms with Crippen molar-refractivity contribution in [1.29, 1.82) is 0 Å². The van der Waals surface area contributed by atoms with Gasteiger partial charge in [0.1, 0.15) is 5.69 Å². The topological polar surface area (TPSA) is 64.2 Å². The van der Waals surface area contributed by atoms with Crippen molar-refractivity contribution >= 4 is 22.2 Å². The van der Waals surface area contributed by atoms with E-state index in [4.69, 9.17) is 0 Å². The van der Waals surface area contributed by atoms with Crippen LogP contribution in [-0.4, -0.2) is 25.1 Å². The smallest absolute Gasteiger partial charge is 0.269 e. The van der Waals surface area contributed by atoms with Crippen molar-refractivity contribution in [3.63, 3.8) is 0 Å². The van der Waals surface area contributed by atoms with Gasteiger partial charge < -0.3 is 5.32 Å². The summed E-state index contributed by atoms with van der Waals surface area (Å²) in [7, 11) is 1.86. The van der Waals surface area contributed by atoms with Crippen molar-refractivity contribution in [3.05, 3.63) is 65.1 Å². The summed E-state index contributed by atoms with van der Waals surface area (Å²) < 4.78 is 3.59. The Kier molecular flexibility index (Phi) is 4.53. The third-order valence-electron chi connectivity index (χ3n) is 4.67. The van der Waals surface area contributed by atoms with Crippen LogP contribution in [0.1, 0.15) is 41.5 Å². The maximum Gasteiger partial charge on any atom is 0.269 e. The molecular weight excluding hydrogens is 358 g/mol. The first-order valence-electron chi connectivity index (χ1n) is 8.90. The number of thiazole rings is 1. The van der Waals surface area contributed by atoms with Crippen molar-refractivity contribution in [2.75, 3.05) is 0 Å². The van der Waals surface area contributed by atoms with Gasteiger partial charge in [0.05, 0.1) is 17.9 Å². The summed E-state index contributed by atoms with van der Waals surface area (Å²) in [6.07, 6.45) is 6.61. The third-order valence-corrected chi connectivity index (χ3v) is 5.51. The van der Waals surface area contributed by atoms with Crippen LogP contribution in [0.25, 0.3) is 16.2 Å². The van der Waals surface area contributed by atoms with Gasteiger partial charge in [0.25, 0.3) is 5.91 Å². The molecule has 0 radical (unpaired) electrons. The Hall–Kier alpha value is -2.93. The first kappa shape index (κ1) is 17.5. The number of hydrogen-bond acceptors (Lipinski definition) is 4. The normalized spacial score (nSPS) is 12.4. The minimum atomic E-state index is -0.122. The molecule has 0 aliphatic carbocycles. The molecule has 3 heterocycles. The molecule has 0 spiro atoms. The molecule has 4 rings (SSSR count). The summed E-state index contributed by atoms with van der Waals surface area (Å²) in [5.41, 5.74) is 4.79. The molecule has 1 N–H and O–H groups in total. The fourth-order valence-electron chi connectivity index (χ4n) is 3.02. The number of carbonyl (C=O) groups excluding carboxylic acids is 1. The van der Waals surface area contributed by atoms with Gasteiger partial charge in [-0.25, -0.2) is 4.98 Å². The van der Waals surface area contributed by atoms with Gasteiger partial charge in [0.2, 0.25) is 0 Å². The molecule has 4 aromatic rings. The average Bonchev–Trinajstić information content (AvgIpc) is 3.36. The average molecular weight is 379 g/mol. The fourth-order valence-corrected chi connectivity index (χ4v) is 3.87. The van der Waals surface area contributed by atoms with Crippen LogP contribution in [0.4, 0.5) is 0 Å². The second-order valence-electron chi connectivity index (χ2n) is 6.59. The van der Waals surface area contributed by atoms with Crippen molar-refractivity contribution in [2.45, 2.75) is 26.3 Å². The van der Waals surface area contributed by atoms with E-state index >= 15 is 0 Å². The van der Waals surface area contributed by atoms with E-state index in [1.807, 2.05) is 36.1 Å². The second kappa shape index (κ2) is 7.00. The molecule has 0 bridgehead atoms. The van der Waals surface area contributed by atoms with Crippen LogP contribution in [0.3, 0.4) is 0 Å². The first-order chi connectivity index (χ1) is 13.0. The number of hydrogen-bond donors (Lipinski definition) is 1. The number of fused-ring (bicyclic) bond motifs is 1. The highest BCUT2D eigenvalue weighted by molar-refractivity contribution is 7.15. The Morgan fingerprint density at radius 1 is 1.26 bits per heavy atom. The number of imidazole rings is 1. The summed E-state index contributed by atoms with van der Waals surface area (Å²) in [6, 6.07) is 8.27. The van der Waals surface area contributed by atoms with E-state index in [2.05, 4.69) is 46.6 Å². The van der Waals surface area contributed by atoms with Crippen molar-refractivity contribution in [1.82, 2.24) is 24.5 Å². The van der Waals surface area contributed by atoms with Gasteiger partial charge in [-0.15, -0.1) is 11.3 Å². The van der Waals surface area contributed by atoms with Crippen LogP contribution in [0.15, 0.2) is 48.2 Å². The molecular formula is C20H21N5OS. The zero-order valence-corrected chi connectivity index (χ0v) is 16.3. The molecule has 1 amide bonds. The lowest BCUT2D eigenvalue weighted by Gasteiger charge is -2.11. The summed E-state index contributed by atoms with van der Waals surface area (Å²) in [4.78, 5) is 18.2. The maximum absolute atomic E-state index is 12.8. The lowest BCUT2D eigenvalue weighted by atomic mass is 10.1. The standard InChI is InChI=1S/C20H21N5OS/c1-4-14-5-7-15(8-6-14)17-11-25-18(12-27-20(25)23-17)19(26)22-13(2)16-9-21-24(3)10-16/h5-13H,4H2,1-3H3,(H,22,26)/t13-/m0/s1. The molecule has 0 saturated heterocycles. The molecule has 1 aromatic carbocycles. The van der Waals surface area contributed by atoms with Crippen molar-refractivity contribution in [2.24, 2.45) is 7.05 Å². The van der Waals surface area contributed by atoms with Gasteiger partial charge in [-0.1, -0.05) is 31.2 Å². The lowest BCUT2D eigenvalue weighted by Crippen LogP contribution is -2.27. The van der Waals surface area contributed by atoms with Gasteiger partial charge in [-0.05, 0) is 18.9 Å².